The normalized spacial score (nSPS) is 19.9. The van der Waals surface area contributed by atoms with Crippen molar-refractivity contribution in [3.63, 3.8) is 0 Å². The summed E-state index contributed by atoms with van der Waals surface area (Å²) in [6.45, 7) is 6.66. The van der Waals surface area contributed by atoms with Crippen LogP contribution in [-0.2, 0) is 9.47 Å². The quantitative estimate of drug-likeness (QED) is 0.0546. The highest BCUT2D eigenvalue weighted by molar-refractivity contribution is 4.93. The summed E-state index contributed by atoms with van der Waals surface area (Å²) >= 11 is 0. The van der Waals surface area contributed by atoms with Crippen LogP contribution in [0.25, 0.3) is 0 Å². The van der Waals surface area contributed by atoms with Gasteiger partial charge < -0.3 is 14.4 Å². The summed E-state index contributed by atoms with van der Waals surface area (Å²) in [6.07, 6.45) is 50.6. The second kappa shape index (κ2) is 28.4. The zero-order valence-corrected chi connectivity index (χ0v) is 30.9. The Morgan fingerprint density at radius 2 is 0.733 bits per heavy atom. The minimum atomic E-state index is -0.293. The van der Waals surface area contributed by atoms with Crippen LogP contribution in [0.5, 0.6) is 0 Å². The molecule has 0 radical (unpaired) electrons. The predicted octanol–water partition coefficient (Wildman–Crippen LogP) is 13.3. The molecule has 0 unspecified atom stereocenters. The van der Waals surface area contributed by atoms with Gasteiger partial charge in [-0.1, -0.05) is 154 Å². The average molecular weight is 630 g/mol. The molecule has 0 aromatic rings. The molecule has 2 atom stereocenters. The van der Waals surface area contributed by atoms with E-state index in [1.807, 2.05) is 0 Å². The molecular formula is C42H79NO2. The number of allylic oxidation sites excluding steroid dienone is 4. The maximum atomic E-state index is 6.71. The van der Waals surface area contributed by atoms with Crippen molar-refractivity contribution in [1.82, 2.24) is 4.90 Å². The van der Waals surface area contributed by atoms with Gasteiger partial charge in [-0.15, -0.1) is 0 Å². The predicted molar refractivity (Wildman–Crippen MR) is 198 cm³/mol. The summed E-state index contributed by atoms with van der Waals surface area (Å²) in [5, 5.41) is 0. The van der Waals surface area contributed by atoms with E-state index in [1.165, 1.54) is 180 Å². The van der Waals surface area contributed by atoms with E-state index in [0.717, 1.165) is 25.9 Å². The van der Waals surface area contributed by atoms with Gasteiger partial charge in [-0.25, -0.2) is 0 Å². The van der Waals surface area contributed by atoms with Crippen LogP contribution >= 0.6 is 0 Å². The lowest BCUT2D eigenvalue weighted by Crippen LogP contribution is -2.34. The second-order valence-corrected chi connectivity index (χ2v) is 14.8. The van der Waals surface area contributed by atoms with Crippen molar-refractivity contribution in [2.24, 2.45) is 0 Å². The molecule has 0 aromatic heterocycles. The van der Waals surface area contributed by atoms with Gasteiger partial charge in [-0.2, -0.15) is 0 Å². The first-order chi connectivity index (χ1) is 22.2. The highest BCUT2D eigenvalue weighted by atomic mass is 16.8. The van der Waals surface area contributed by atoms with E-state index in [-0.39, 0.29) is 5.79 Å². The zero-order chi connectivity index (χ0) is 32.1. The summed E-state index contributed by atoms with van der Waals surface area (Å²) in [5.41, 5.74) is 0. The number of ether oxygens (including phenoxy) is 2. The van der Waals surface area contributed by atoms with Crippen molar-refractivity contribution in [1.29, 1.82) is 0 Å². The van der Waals surface area contributed by atoms with Crippen LogP contribution in [0.4, 0.5) is 0 Å². The monoisotopic (exact) mass is 630 g/mol. The van der Waals surface area contributed by atoms with E-state index in [1.54, 1.807) is 0 Å². The molecule has 3 nitrogen and oxygen atoms in total. The zero-order valence-electron chi connectivity index (χ0n) is 30.9. The van der Waals surface area contributed by atoms with Crippen molar-refractivity contribution in [2.75, 3.05) is 20.1 Å². The molecule has 3 heteroatoms. The molecule has 0 amide bonds. The Morgan fingerprint density at radius 3 is 1.07 bits per heavy atom. The highest BCUT2D eigenvalue weighted by Gasteiger charge is 2.49. The van der Waals surface area contributed by atoms with Crippen molar-refractivity contribution in [3.05, 3.63) is 24.3 Å². The van der Waals surface area contributed by atoms with Crippen molar-refractivity contribution < 1.29 is 9.47 Å². The Morgan fingerprint density at radius 1 is 0.444 bits per heavy atom. The smallest absolute Gasteiger partial charge is 0.169 e. The minimum absolute atomic E-state index is 0.290. The first-order valence-corrected chi connectivity index (χ1v) is 20.5. The van der Waals surface area contributed by atoms with E-state index < -0.39 is 0 Å². The number of nitrogens with zero attached hydrogens (tertiary/aromatic N) is 1. The molecular weight excluding hydrogens is 550 g/mol. The van der Waals surface area contributed by atoms with Crippen LogP contribution in [0.1, 0.15) is 206 Å². The topological polar surface area (TPSA) is 21.7 Å². The summed E-state index contributed by atoms with van der Waals surface area (Å²) in [7, 11) is 2.20. The molecule has 0 N–H and O–H groups in total. The van der Waals surface area contributed by atoms with Crippen LogP contribution in [0.3, 0.4) is 0 Å². The third-order valence-electron chi connectivity index (χ3n) is 10.3. The van der Waals surface area contributed by atoms with Gasteiger partial charge in [0.25, 0.3) is 0 Å². The summed E-state index contributed by atoms with van der Waals surface area (Å²) in [6, 6.07) is 0. The van der Waals surface area contributed by atoms with E-state index in [2.05, 4.69) is 50.1 Å². The van der Waals surface area contributed by atoms with Crippen LogP contribution in [0.2, 0.25) is 0 Å². The lowest BCUT2D eigenvalue weighted by atomic mass is 9.98. The molecule has 2 saturated heterocycles. The minimum Gasteiger partial charge on any atom is -0.343 e. The highest BCUT2D eigenvalue weighted by Crippen LogP contribution is 2.40. The Balaban J connectivity index is 1.47. The van der Waals surface area contributed by atoms with Crippen molar-refractivity contribution in [2.45, 2.75) is 224 Å². The summed E-state index contributed by atoms with van der Waals surface area (Å²) < 4.78 is 13.4. The molecule has 45 heavy (non-hydrogen) atoms. The van der Waals surface area contributed by atoms with E-state index in [0.29, 0.717) is 12.2 Å². The molecule has 2 rings (SSSR count). The molecule has 0 spiro atoms. The number of hydrogen-bond donors (Lipinski definition) is 0. The van der Waals surface area contributed by atoms with Crippen molar-refractivity contribution >= 4 is 0 Å². The number of fused-ring (bicyclic) bond motifs is 1. The van der Waals surface area contributed by atoms with Gasteiger partial charge in [0.1, 0.15) is 12.2 Å². The van der Waals surface area contributed by atoms with Gasteiger partial charge in [-0.05, 0) is 71.3 Å². The third kappa shape index (κ3) is 21.1. The molecule has 0 aliphatic carbocycles. The van der Waals surface area contributed by atoms with Crippen LogP contribution in [-0.4, -0.2) is 43.0 Å². The first kappa shape index (κ1) is 40.5. The Hall–Kier alpha value is -0.640. The number of rotatable bonds is 32. The SMILES string of the molecule is CCCCCCCC/C=C/CCCCCCCCC1(CCCCCCCC/C=C/CCCCCCCC)O[C@H]2CN(C)C[C@H]2O1. The number of likely N-dealkylation sites (N-methyl/N-ethyl adjacent to an activating group) is 1. The molecule has 0 saturated carbocycles. The van der Waals surface area contributed by atoms with Crippen molar-refractivity contribution in [3.8, 4) is 0 Å². The van der Waals surface area contributed by atoms with Gasteiger partial charge in [-0.3, -0.25) is 0 Å². The largest absolute Gasteiger partial charge is 0.343 e. The Labute approximate surface area is 282 Å². The molecule has 264 valence electrons. The molecule has 2 aliphatic rings. The van der Waals surface area contributed by atoms with E-state index >= 15 is 0 Å². The van der Waals surface area contributed by atoms with Crippen LogP contribution < -0.4 is 0 Å². The molecule has 2 aliphatic heterocycles. The van der Waals surface area contributed by atoms with E-state index in [4.69, 9.17) is 9.47 Å². The molecule has 2 heterocycles. The number of unbranched alkanes of at least 4 members (excludes halogenated alkanes) is 24. The lowest BCUT2D eigenvalue weighted by molar-refractivity contribution is -0.193. The van der Waals surface area contributed by atoms with Gasteiger partial charge in [0, 0.05) is 25.9 Å². The number of likely N-dealkylation sites (tertiary alicyclic amines) is 1. The van der Waals surface area contributed by atoms with Crippen LogP contribution in [0, 0.1) is 0 Å². The van der Waals surface area contributed by atoms with Gasteiger partial charge in [0.15, 0.2) is 5.79 Å². The average Bonchev–Trinajstić information content (AvgIpc) is 3.54. The van der Waals surface area contributed by atoms with E-state index in [9.17, 15) is 0 Å². The summed E-state index contributed by atoms with van der Waals surface area (Å²) in [4.78, 5) is 2.37. The fourth-order valence-electron chi connectivity index (χ4n) is 7.37. The maximum Gasteiger partial charge on any atom is 0.169 e. The van der Waals surface area contributed by atoms with Gasteiger partial charge >= 0.3 is 0 Å². The fraction of sp³-hybridized carbons (Fsp3) is 0.905. The Bertz CT molecular complexity index is 645. The summed E-state index contributed by atoms with van der Waals surface area (Å²) in [5.74, 6) is -0.293. The third-order valence-corrected chi connectivity index (χ3v) is 10.3. The standard InChI is InChI=1S/C42H79NO2/c1-4-6-8-10-12-14-16-18-20-22-24-26-28-30-32-34-36-42(44-40-38-43(3)39-41(40)45-42)37-35-33-31-29-27-25-23-21-19-17-15-13-11-9-7-5-2/h18-21,40-41H,4-17,22-39H2,1-3H3/b20-18+,21-19+/t40-,41+. The second-order valence-electron chi connectivity index (χ2n) is 14.8. The molecule has 2 fully saturated rings. The lowest BCUT2D eigenvalue weighted by Gasteiger charge is -2.30. The maximum absolute atomic E-state index is 6.71. The van der Waals surface area contributed by atoms with Gasteiger partial charge in [0.2, 0.25) is 0 Å². The Kier molecular flexibility index (Phi) is 25.6. The fourth-order valence-corrected chi connectivity index (χ4v) is 7.37. The number of hydrogen-bond acceptors (Lipinski definition) is 3. The van der Waals surface area contributed by atoms with Crippen LogP contribution in [0.15, 0.2) is 24.3 Å². The molecule has 0 aromatic carbocycles. The molecule has 0 bridgehead atoms. The van der Waals surface area contributed by atoms with Gasteiger partial charge in [0.05, 0.1) is 0 Å². The first-order valence-electron chi connectivity index (χ1n) is 20.5.